The number of benzene rings is 3. The lowest BCUT2D eigenvalue weighted by Crippen LogP contribution is -2.02. The smallest absolute Gasteiger partial charge is 0.194 e. The van der Waals surface area contributed by atoms with E-state index >= 15 is 0 Å². The van der Waals surface area contributed by atoms with Crippen molar-refractivity contribution in [1.82, 2.24) is 0 Å². The lowest BCUT2D eigenvalue weighted by molar-refractivity contribution is 0.446. The zero-order chi connectivity index (χ0) is 22.1. The standard InChI is InChI=1S/C27H20F4/c1-16-3-5-18(6-4-16)19-7-9-20(10-8-19)21-11-12-23(17(2)24(28)13-21)22-14-25(29)27(31)26(30)15-22/h3-15,17H,1-2H3. The number of halogens is 4. The third-order valence-corrected chi connectivity index (χ3v) is 5.54. The molecule has 4 rings (SSSR count). The third kappa shape index (κ3) is 4.24. The van der Waals surface area contributed by atoms with Gasteiger partial charge in [-0.05, 0) is 58.5 Å². The monoisotopic (exact) mass is 420 g/mol. The Kier molecular flexibility index (Phi) is 5.64. The minimum Gasteiger partial charge on any atom is -0.211 e. The van der Waals surface area contributed by atoms with Gasteiger partial charge in [0, 0.05) is 5.92 Å². The average Bonchev–Trinajstić information content (AvgIpc) is 2.91. The molecule has 4 heteroatoms. The van der Waals surface area contributed by atoms with Gasteiger partial charge in [-0.3, -0.25) is 0 Å². The Morgan fingerprint density at radius 1 is 0.645 bits per heavy atom. The summed E-state index contributed by atoms with van der Waals surface area (Å²) in [5.74, 6) is -5.31. The minimum absolute atomic E-state index is 0.111. The Hall–Kier alpha value is -3.40. The molecule has 1 aliphatic carbocycles. The summed E-state index contributed by atoms with van der Waals surface area (Å²) in [5.41, 5.74) is 5.25. The lowest BCUT2D eigenvalue weighted by atomic mass is 9.92. The van der Waals surface area contributed by atoms with Crippen molar-refractivity contribution in [3.8, 4) is 11.1 Å². The Balaban J connectivity index is 1.70. The molecular formula is C27H20F4. The summed E-state index contributed by atoms with van der Waals surface area (Å²) in [4.78, 5) is 0. The molecule has 3 aromatic carbocycles. The van der Waals surface area contributed by atoms with Gasteiger partial charge in [-0.1, -0.05) is 73.2 Å². The molecule has 0 nitrogen and oxygen atoms in total. The summed E-state index contributed by atoms with van der Waals surface area (Å²) >= 11 is 0. The zero-order valence-electron chi connectivity index (χ0n) is 17.1. The highest BCUT2D eigenvalue weighted by Gasteiger charge is 2.21. The van der Waals surface area contributed by atoms with E-state index in [2.05, 4.69) is 0 Å². The molecule has 0 saturated heterocycles. The van der Waals surface area contributed by atoms with Crippen LogP contribution in [0.4, 0.5) is 17.6 Å². The predicted molar refractivity (Wildman–Crippen MR) is 117 cm³/mol. The maximum Gasteiger partial charge on any atom is 0.194 e. The number of allylic oxidation sites excluding steroid dienone is 6. The number of rotatable bonds is 3. The first-order valence-electron chi connectivity index (χ1n) is 9.95. The minimum atomic E-state index is -1.54. The predicted octanol–water partition coefficient (Wildman–Crippen LogP) is 8.05. The summed E-state index contributed by atoms with van der Waals surface area (Å²) in [7, 11) is 0. The van der Waals surface area contributed by atoms with Crippen molar-refractivity contribution >= 4 is 11.1 Å². The van der Waals surface area contributed by atoms with E-state index in [1.54, 1.807) is 19.1 Å². The molecule has 156 valence electrons. The topological polar surface area (TPSA) is 0 Å². The Labute approximate surface area is 178 Å². The van der Waals surface area contributed by atoms with Crippen LogP contribution in [0.2, 0.25) is 0 Å². The van der Waals surface area contributed by atoms with Gasteiger partial charge >= 0.3 is 0 Å². The van der Waals surface area contributed by atoms with Crippen LogP contribution in [0.5, 0.6) is 0 Å². The normalized spacial score (nSPS) is 16.3. The second-order valence-corrected chi connectivity index (χ2v) is 7.69. The molecule has 0 fully saturated rings. The average molecular weight is 420 g/mol. The first-order chi connectivity index (χ1) is 14.8. The van der Waals surface area contributed by atoms with Gasteiger partial charge in [0.1, 0.15) is 5.83 Å². The van der Waals surface area contributed by atoms with Gasteiger partial charge in [0.05, 0.1) is 0 Å². The van der Waals surface area contributed by atoms with Gasteiger partial charge < -0.3 is 0 Å². The van der Waals surface area contributed by atoms with E-state index in [1.165, 1.54) is 11.6 Å². The third-order valence-electron chi connectivity index (χ3n) is 5.54. The van der Waals surface area contributed by atoms with Gasteiger partial charge in [-0.2, -0.15) is 0 Å². The summed E-state index contributed by atoms with van der Waals surface area (Å²) in [6.45, 7) is 3.64. The van der Waals surface area contributed by atoms with E-state index in [1.807, 2.05) is 55.5 Å². The van der Waals surface area contributed by atoms with Crippen molar-refractivity contribution in [1.29, 1.82) is 0 Å². The van der Waals surface area contributed by atoms with Crippen LogP contribution in [-0.4, -0.2) is 0 Å². The van der Waals surface area contributed by atoms with E-state index in [0.717, 1.165) is 28.8 Å². The molecule has 3 aromatic rings. The second-order valence-electron chi connectivity index (χ2n) is 7.69. The molecule has 0 radical (unpaired) electrons. The summed E-state index contributed by atoms with van der Waals surface area (Å²) in [6.07, 6.45) is 4.76. The fraction of sp³-hybridized carbons (Fsp3) is 0.111. The highest BCUT2D eigenvalue weighted by atomic mass is 19.2. The molecule has 0 aliphatic heterocycles. The lowest BCUT2D eigenvalue weighted by Gasteiger charge is -2.14. The van der Waals surface area contributed by atoms with Crippen LogP contribution >= 0.6 is 0 Å². The SMILES string of the molecule is Cc1ccc(-c2ccc(C3=CC=C(c4cc(F)c(F)c(F)c4)C(C)C(F)=C3)cc2)cc1. The van der Waals surface area contributed by atoms with Gasteiger partial charge in [0.2, 0.25) is 0 Å². The zero-order valence-corrected chi connectivity index (χ0v) is 17.1. The molecule has 0 bridgehead atoms. The van der Waals surface area contributed by atoms with Crippen LogP contribution in [0.3, 0.4) is 0 Å². The van der Waals surface area contributed by atoms with Crippen molar-refractivity contribution in [2.75, 3.05) is 0 Å². The van der Waals surface area contributed by atoms with E-state index < -0.39 is 29.2 Å². The van der Waals surface area contributed by atoms with E-state index in [9.17, 15) is 17.6 Å². The fourth-order valence-electron chi connectivity index (χ4n) is 3.64. The highest BCUT2D eigenvalue weighted by Crippen LogP contribution is 2.36. The maximum absolute atomic E-state index is 14.9. The summed E-state index contributed by atoms with van der Waals surface area (Å²) in [5, 5.41) is 0. The Morgan fingerprint density at radius 2 is 1.16 bits per heavy atom. The van der Waals surface area contributed by atoms with Crippen LogP contribution in [0.1, 0.15) is 23.6 Å². The number of hydrogen-bond acceptors (Lipinski definition) is 0. The molecule has 0 heterocycles. The highest BCUT2D eigenvalue weighted by molar-refractivity contribution is 5.83. The molecule has 1 atom stereocenters. The molecule has 0 amide bonds. The van der Waals surface area contributed by atoms with E-state index in [0.29, 0.717) is 11.1 Å². The maximum atomic E-state index is 14.9. The van der Waals surface area contributed by atoms with Crippen LogP contribution < -0.4 is 0 Å². The molecule has 0 aromatic heterocycles. The van der Waals surface area contributed by atoms with Gasteiger partial charge in [-0.15, -0.1) is 0 Å². The Morgan fingerprint density at radius 3 is 1.74 bits per heavy atom. The van der Waals surface area contributed by atoms with Crippen molar-refractivity contribution in [2.24, 2.45) is 5.92 Å². The van der Waals surface area contributed by atoms with Crippen molar-refractivity contribution in [3.63, 3.8) is 0 Å². The number of hydrogen-bond donors (Lipinski definition) is 0. The summed E-state index contributed by atoms with van der Waals surface area (Å²) < 4.78 is 55.6. The van der Waals surface area contributed by atoms with Gasteiger partial charge in [0.15, 0.2) is 17.5 Å². The van der Waals surface area contributed by atoms with Crippen molar-refractivity contribution < 1.29 is 17.6 Å². The first kappa shape index (κ1) is 20.9. The van der Waals surface area contributed by atoms with Crippen LogP contribution in [0.25, 0.3) is 22.3 Å². The number of aryl methyl sites for hydroxylation is 1. The Bertz CT molecular complexity index is 1190. The fourth-order valence-corrected chi connectivity index (χ4v) is 3.64. The molecule has 0 saturated carbocycles. The summed E-state index contributed by atoms with van der Waals surface area (Å²) in [6, 6.07) is 17.7. The van der Waals surface area contributed by atoms with Crippen LogP contribution in [0.15, 0.2) is 84.7 Å². The second kappa shape index (κ2) is 8.38. The molecule has 1 unspecified atom stereocenters. The molecule has 0 spiro atoms. The van der Waals surface area contributed by atoms with Crippen LogP contribution in [0, 0.1) is 30.3 Å². The van der Waals surface area contributed by atoms with Gasteiger partial charge in [-0.25, -0.2) is 17.6 Å². The first-order valence-corrected chi connectivity index (χ1v) is 9.95. The molecule has 1 aliphatic rings. The van der Waals surface area contributed by atoms with Crippen molar-refractivity contribution in [2.45, 2.75) is 13.8 Å². The van der Waals surface area contributed by atoms with Crippen LogP contribution in [-0.2, 0) is 0 Å². The van der Waals surface area contributed by atoms with E-state index in [-0.39, 0.29) is 5.56 Å². The molecule has 31 heavy (non-hydrogen) atoms. The van der Waals surface area contributed by atoms with Crippen molar-refractivity contribution in [3.05, 3.63) is 119 Å². The molecule has 0 N–H and O–H groups in total. The largest absolute Gasteiger partial charge is 0.211 e. The molecular weight excluding hydrogens is 400 g/mol. The van der Waals surface area contributed by atoms with E-state index in [4.69, 9.17) is 0 Å². The quantitative estimate of drug-likeness (QED) is 0.297. The van der Waals surface area contributed by atoms with Gasteiger partial charge in [0.25, 0.3) is 0 Å².